The number of ether oxygens (including phenoxy) is 1. The number of fused-ring (bicyclic) bond motifs is 2. The summed E-state index contributed by atoms with van der Waals surface area (Å²) in [6.45, 7) is 0. The van der Waals surface area contributed by atoms with Gasteiger partial charge in [-0.1, -0.05) is 0 Å². The van der Waals surface area contributed by atoms with Gasteiger partial charge in [-0.2, -0.15) is 8.78 Å². The Morgan fingerprint density at radius 1 is 0.244 bits per heavy atom. The molecular formula is C27H3F17O. The van der Waals surface area contributed by atoms with E-state index in [9.17, 15) is 48.3 Å². The highest BCUT2D eigenvalue weighted by Crippen LogP contribution is 2.52. The Hall–Kier alpha value is -4.77. The summed E-state index contributed by atoms with van der Waals surface area (Å²) in [4.78, 5) is 0. The van der Waals surface area contributed by atoms with Gasteiger partial charge in [0.25, 0.3) is 0 Å². The third-order valence-electron chi connectivity index (χ3n) is 6.67. The quantitative estimate of drug-likeness (QED) is 0.0807. The van der Waals surface area contributed by atoms with E-state index in [0.29, 0.717) is 7.11 Å². The van der Waals surface area contributed by atoms with Gasteiger partial charge in [0.2, 0.25) is 17.5 Å². The first-order valence-electron chi connectivity index (χ1n) is 11.3. The molecule has 45 heavy (non-hydrogen) atoms. The molecule has 0 fully saturated rings. The van der Waals surface area contributed by atoms with Crippen LogP contribution in [0.3, 0.4) is 0 Å². The van der Waals surface area contributed by atoms with Crippen LogP contribution in [0.1, 0.15) is 0 Å². The molecule has 0 unspecified atom stereocenters. The van der Waals surface area contributed by atoms with Gasteiger partial charge in [-0.05, 0) is 0 Å². The van der Waals surface area contributed by atoms with E-state index in [-0.39, 0.29) is 0 Å². The van der Waals surface area contributed by atoms with Crippen LogP contribution in [0.5, 0.6) is 5.75 Å². The molecule has 0 aliphatic carbocycles. The van der Waals surface area contributed by atoms with Crippen molar-refractivity contribution in [2.24, 2.45) is 0 Å². The van der Waals surface area contributed by atoms with Crippen LogP contribution in [0.15, 0.2) is 0 Å². The molecule has 5 aromatic carbocycles. The monoisotopic (exact) mass is 666 g/mol. The molecule has 0 aromatic heterocycles. The standard InChI is InChI=1S/C27H3F17O/c1-45-27-25(43)16(34)9(17(35)26(27)44)3-6-4(10(28)18(36)20(38)12(6)30)2(5-7(3)13(31)21(39)19(37)11(5)29)8-14(32)22(40)24(42)23(41)15(8)33/h1H3. The van der Waals surface area contributed by atoms with Crippen LogP contribution in [0.2, 0.25) is 0 Å². The molecule has 236 valence electrons. The predicted octanol–water partition coefficient (Wildman–Crippen LogP) is 9.70. The highest BCUT2D eigenvalue weighted by Gasteiger charge is 2.39. The summed E-state index contributed by atoms with van der Waals surface area (Å²) in [5.41, 5.74) is -9.96. The molecule has 18 heteroatoms. The summed E-state index contributed by atoms with van der Waals surface area (Å²) in [7, 11) is 0.435. The van der Waals surface area contributed by atoms with Gasteiger partial charge < -0.3 is 4.74 Å². The third kappa shape index (κ3) is 3.96. The van der Waals surface area contributed by atoms with Crippen molar-refractivity contribution in [3.63, 3.8) is 0 Å². The number of halogens is 17. The maximum absolute atomic E-state index is 15.4. The fraction of sp³-hybridized carbons (Fsp3) is 0.0370. The van der Waals surface area contributed by atoms with Crippen LogP contribution in [0.4, 0.5) is 74.6 Å². The number of rotatable bonds is 3. The number of methoxy groups -OCH3 is 1. The van der Waals surface area contributed by atoms with Crippen molar-refractivity contribution < 1.29 is 79.4 Å². The van der Waals surface area contributed by atoms with Crippen molar-refractivity contribution in [3.8, 4) is 28.0 Å². The minimum absolute atomic E-state index is 0.435. The summed E-state index contributed by atoms with van der Waals surface area (Å²) in [6.07, 6.45) is 0. The number of benzene rings is 5. The Bertz CT molecular complexity index is 2030. The van der Waals surface area contributed by atoms with Gasteiger partial charge in [0.1, 0.15) is 0 Å². The van der Waals surface area contributed by atoms with Crippen molar-refractivity contribution >= 4 is 21.5 Å². The van der Waals surface area contributed by atoms with Crippen molar-refractivity contribution in [2.75, 3.05) is 7.11 Å². The van der Waals surface area contributed by atoms with Gasteiger partial charge in [0.05, 0.1) is 18.2 Å². The molecule has 0 aliphatic heterocycles. The van der Waals surface area contributed by atoms with E-state index < -0.39 is 148 Å². The topological polar surface area (TPSA) is 9.23 Å². The first-order chi connectivity index (χ1) is 20.9. The molecule has 0 bridgehead atoms. The van der Waals surface area contributed by atoms with E-state index in [1.807, 2.05) is 0 Å². The zero-order chi connectivity index (χ0) is 33.7. The maximum Gasteiger partial charge on any atom is 0.204 e. The summed E-state index contributed by atoms with van der Waals surface area (Å²) >= 11 is 0. The fourth-order valence-corrected chi connectivity index (χ4v) is 4.79. The molecule has 0 aliphatic rings. The number of hydrogen-bond acceptors (Lipinski definition) is 1. The van der Waals surface area contributed by atoms with E-state index >= 15 is 26.3 Å². The Kier molecular flexibility index (Phi) is 7.32. The third-order valence-corrected chi connectivity index (χ3v) is 6.67. The Morgan fingerprint density at radius 3 is 0.689 bits per heavy atom. The second-order valence-corrected chi connectivity index (χ2v) is 8.87. The lowest BCUT2D eigenvalue weighted by Gasteiger charge is -2.22. The van der Waals surface area contributed by atoms with Crippen LogP contribution in [0, 0.1) is 98.9 Å². The molecule has 0 saturated heterocycles. The first-order valence-corrected chi connectivity index (χ1v) is 11.3. The van der Waals surface area contributed by atoms with E-state index in [1.165, 1.54) is 0 Å². The van der Waals surface area contributed by atoms with Crippen molar-refractivity contribution in [1.29, 1.82) is 0 Å². The van der Waals surface area contributed by atoms with Crippen LogP contribution >= 0.6 is 0 Å². The zero-order valence-electron chi connectivity index (χ0n) is 20.8. The van der Waals surface area contributed by atoms with Crippen LogP contribution in [-0.2, 0) is 0 Å². The van der Waals surface area contributed by atoms with Crippen LogP contribution in [0.25, 0.3) is 43.8 Å². The molecule has 0 N–H and O–H groups in total. The average Bonchev–Trinajstić information content (AvgIpc) is 3.01. The molecule has 0 spiro atoms. The average molecular weight is 666 g/mol. The molecule has 5 aromatic rings. The minimum atomic E-state index is -3.04. The second-order valence-electron chi connectivity index (χ2n) is 8.87. The normalized spacial score (nSPS) is 11.8. The van der Waals surface area contributed by atoms with Crippen LogP contribution < -0.4 is 4.74 Å². The molecule has 1 nitrogen and oxygen atoms in total. The van der Waals surface area contributed by atoms with Crippen molar-refractivity contribution in [2.45, 2.75) is 0 Å². The van der Waals surface area contributed by atoms with Gasteiger partial charge >= 0.3 is 0 Å². The van der Waals surface area contributed by atoms with E-state index in [2.05, 4.69) is 4.74 Å². The molecule has 0 atom stereocenters. The lowest BCUT2D eigenvalue weighted by molar-refractivity contribution is 0.334. The Labute approximate surface area is 235 Å². The largest absolute Gasteiger partial charge is 0.491 e. The smallest absolute Gasteiger partial charge is 0.204 e. The van der Waals surface area contributed by atoms with Gasteiger partial charge in [-0.3, -0.25) is 0 Å². The molecular weight excluding hydrogens is 663 g/mol. The molecule has 0 heterocycles. The van der Waals surface area contributed by atoms with Crippen LogP contribution in [-0.4, -0.2) is 7.11 Å². The minimum Gasteiger partial charge on any atom is -0.491 e. The maximum atomic E-state index is 15.4. The SMILES string of the molecule is COc1c(F)c(F)c(-c2c3c(F)c(F)c(F)c(F)c3c(-c3c(F)c(F)c(F)c(F)c3F)c3c(F)c(F)c(F)c(F)c23)c(F)c1F. The first kappa shape index (κ1) is 31.6. The molecule has 5 rings (SSSR count). The second kappa shape index (κ2) is 10.4. The lowest BCUT2D eigenvalue weighted by Crippen LogP contribution is -2.11. The van der Waals surface area contributed by atoms with E-state index in [1.54, 1.807) is 0 Å². The van der Waals surface area contributed by atoms with Gasteiger partial charge in [-0.25, -0.2) is 65.9 Å². The fourth-order valence-electron chi connectivity index (χ4n) is 4.79. The Balaban J connectivity index is 2.34. The van der Waals surface area contributed by atoms with Crippen molar-refractivity contribution in [1.82, 2.24) is 0 Å². The van der Waals surface area contributed by atoms with Gasteiger partial charge in [-0.15, -0.1) is 0 Å². The zero-order valence-corrected chi connectivity index (χ0v) is 20.8. The van der Waals surface area contributed by atoms with Gasteiger partial charge in [0.15, 0.2) is 87.2 Å². The summed E-state index contributed by atoms with van der Waals surface area (Å²) in [6, 6.07) is 0. The molecule has 0 amide bonds. The number of hydrogen-bond donors (Lipinski definition) is 0. The Morgan fingerprint density at radius 2 is 0.444 bits per heavy atom. The predicted molar refractivity (Wildman–Crippen MR) is 118 cm³/mol. The van der Waals surface area contributed by atoms with E-state index in [4.69, 9.17) is 0 Å². The highest BCUT2D eigenvalue weighted by molar-refractivity contribution is 6.22. The highest BCUT2D eigenvalue weighted by atomic mass is 19.2. The van der Waals surface area contributed by atoms with Gasteiger partial charge in [0, 0.05) is 32.7 Å². The van der Waals surface area contributed by atoms with E-state index in [0.717, 1.165) is 0 Å². The van der Waals surface area contributed by atoms with Crippen molar-refractivity contribution in [3.05, 3.63) is 98.9 Å². The summed E-state index contributed by atoms with van der Waals surface area (Å²) < 4.78 is 256. The summed E-state index contributed by atoms with van der Waals surface area (Å²) in [5, 5.41) is -9.75. The molecule has 0 saturated carbocycles. The molecule has 0 radical (unpaired) electrons. The summed E-state index contributed by atoms with van der Waals surface area (Å²) in [5.74, 6) is -51.8. The lowest BCUT2D eigenvalue weighted by atomic mass is 9.83.